The molecule has 0 aliphatic rings. The number of amides is 1. The number of nitrogens with two attached hydrogens (primary N) is 1. The number of rotatable bonds is 7. The van der Waals surface area contributed by atoms with Gasteiger partial charge in [-0.2, -0.15) is 4.98 Å². The summed E-state index contributed by atoms with van der Waals surface area (Å²) in [7, 11) is 0. The largest absolute Gasteiger partial charge is 0.480 e. The minimum absolute atomic E-state index is 0.0735. The first-order chi connectivity index (χ1) is 9.54. The molecule has 0 unspecified atom stereocenters. The van der Waals surface area contributed by atoms with Crippen LogP contribution in [0.4, 0.5) is 0 Å². The van der Waals surface area contributed by atoms with Gasteiger partial charge in [0.25, 0.3) is 5.89 Å². The second kappa shape index (κ2) is 6.26. The predicted octanol–water partition coefficient (Wildman–Crippen LogP) is 0.170. The number of carboxylic acid groups (broad SMARTS) is 1. The number of aliphatic carboxylic acids is 1. The van der Waals surface area contributed by atoms with Crippen molar-refractivity contribution in [2.45, 2.75) is 6.54 Å². The summed E-state index contributed by atoms with van der Waals surface area (Å²) in [5, 5.41) is 14.4. The molecule has 0 saturated heterocycles. The molecule has 106 valence electrons. The molecule has 2 rings (SSSR count). The van der Waals surface area contributed by atoms with E-state index in [0.717, 1.165) is 4.88 Å². The van der Waals surface area contributed by atoms with E-state index in [1.54, 1.807) is 0 Å². The summed E-state index contributed by atoms with van der Waals surface area (Å²) in [6, 6.07) is 3.69. The highest BCUT2D eigenvalue weighted by molar-refractivity contribution is 7.13. The van der Waals surface area contributed by atoms with Crippen LogP contribution in [0.25, 0.3) is 10.8 Å². The van der Waals surface area contributed by atoms with E-state index in [9.17, 15) is 9.59 Å². The molecule has 0 spiro atoms. The van der Waals surface area contributed by atoms with Crippen molar-refractivity contribution in [2.75, 3.05) is 13.1 Å². The Balaban J connectivity index is 2.06. The van der Waals surface area contributed by atoms with E-state index >= 15 is 0 Å². The number of hydrogen-bond acceptors (Lipinski definition) is 7. The Morgan fingerprint density at radius 1 is 1.45 bits per heavy atom. The normalized spacial score (nSPS) is 10.8. The van der Waals surface area contributed by atoms with Crippen molar-refractivity contribution in [3.8, 4) is 10.8 Å². The Morgan fingerprint density at radius 2 is 2.25 bits per heavy atom. The maximum Gasteiger partial charge on any atom is 0.317 e. The smallest absolute Gasteiger partial charge is 0.317 e. The van der Waals surface area contributed by atoms with Crippen molar-refractivity contribution in [2.24, 2.45) is 5.73 Å². The Hall–Kier alpha value is -2.26. The van der Waals surface area contributed by atoms with Gasteiger partial charge in [-0.25, -0.2) is 0 Å². The van der Waals surface area contributed by atoms with Gasteiger partial charge in [0, 0.05) is 0 Å². The number of aromatic nitrogens is 2. The lowest BCUT2D eigenvalue weighted by molar-refractivity contribution is -0.138. The molecule has 8 nitrogen and oxygen atoms in total. The average molecular weight is 296 g/mol. The number of carbonyl (C=O) groups excluding carboxylic acids is 1. The number of primary amides is 1. The zero-order valence-electron chi connectivity index (χ0n) is 10.4. The summed E-state index contributed by atoms with van der Waals surface area (Å²) in [6.45, 7) is -0.439. The number of carbonyl (C=O) groups is 2. The Bertz CT molecular complexity index is 579. The third-order valence-electron chi connectivity index (χ3n) is 2.30. The molecule has 3 N–H and O–H groups in total. The molecular weight excluding hydrogens is 284 g/mol. The van der Waals surface area contributed by atoms with Crippen LogP contribution in [-0.2, 0) is 16.1 Å². The summed E-state index contributed by atoms with van der Waals surface area (Å²) in [6.07, 6.45) is 0. The summed E-state index contributed by atoms with van der Waals surface area (Å²) < 4.78 is 5.08. The van der Waals surface area contributed by atoms with Crippen molar-refractivity contribution in [3.05, 3.63) is 23.3 Å². The fourth-order valence-corrected chi connectivity index (χ4v) is 2.24. The molecule has 0 aliphatic carbocycles. The SMILES string of the molecule is NC(=O)CN(CC(=O)O)Cc1noc(-c2cccs2)n1. The molecule has 0 fully saturated rings. The minimum Gasteiger partial charge on any atom is -0.480 e. The van der Waals surface area contributed by atoms with Crippen LogP contribution in [-0.4, -0.2) is 45.1 Å². The molecule has 9 heteroatoms. The first-order valence-electron chi connectivity index (χ1n) is 5.63. The molecule has 0 radical (unpaired) electrons. The lowest BCUT2D eigenvalue weighted by Gasteiger charge is -2.15. The zero-order chi connectivity index (χ0) is 14.5. The molecule has 1 amide bonds. The van der Waals surface area contributed by atoms with E-state index < -0.39 is 11.9 Å². The molecule has 20 heavy (non-hydrogen) atoms. The molecule has 0 aliphatic heterocycles. The number of hydrogen-bond donors (Lipinski definition) is 2. The lowest BCUT2D eigenvalue weighted by Crippen LogP contribution is -2.37. The van der Waals surface area contributed by atoms with Crippen LogP contribution in [0.1, 0.15) is 5.82 Å². The maximum absolute atomic E-state index is 10.9. The molecule has 2 aromatic heterocycles. The molecule has 0 aromatic carbocycles. The monoisotopic (exact) mass is 296 g/mol. The van der Waals surface area contributed by atoms with E-state index in [2.05, 4.69) is 10.1 Å². The number of nitrogens with zero attached hydrogens (tertiary/aromatic N) is 3. The van der Waals surface area contributed by atoms with Crippen molar-refractivity contribution >= 4 is 23.2 Å². The second-order valence-corrected chi connectivity index (χ2v) is 4.95. The van der Waals surface area contributed by atoms with Crippen molar-refractivity contribution in [3.63, 3.8) is 0 Å². The van der Waals surface area contributed by atoms with Crippen LogP contribution in [0.2, 0.25) is 0 Å². The maximum atomic E-state index is 10.9. The van der Waals surface area contributed by atoms with E-state index in [0.29, 0.717) is 11.7 Å². The van der Waals surface area contributed by atoms with Gasteiger partial charge in [-0.05, 0) is 11.4 Å². The standard InChI is InChI=1S/C11H12N4O4S/c12-8(16)4-15(6-10(17)18)5-9-13-11(19-14-9)7-2-1-3-20-7/h1-3H,4-6H2,(H2,12,16)(H,17,18). The summed E-state index contributed by atoms with van der Waals surface area (Å²) in [5.74, 6) is -1.01. The van der Waals surface area contributed by atoms with Crippen molar-refractivity contribution in [1.29, 1.82) is 0 Å². The van der Waals surface area contributed by atoms with Crippen molar-refractivity contribution in [1.82, 2.24) is 15.0 Å². The molecule has 0 atom stereocenters. The van der Waals surface area contributed by atoms with Gasteiger partial charge in [-0.3, -0.25) is 14.5 Å². The zero-order valence-corrected chi connectivity index (χ0v) is 11.2. The first kappa shape index (κ1) is 14.2. The topological polar surface area (TPSA) is 123 Å². The Labute approximate surface area is 117 Å². The molecule has 2 aromatic rings. The van der Waals surface area contributed by atoms with Crippen LogP contribution >= 0.6 is 11.3 Å². The molecular formula is C11H12N4O4S. The van der Waals surface area contributed by atoms with Crippen molar-refractivity contribution < 1.29 is 19.2 Å². The average Bonchev–Trinajstić information content (AvgIpc) is 2.95. The minimum atomic E-state index is -1.06. The van der Waals surface area contributed by atoms with Gasteiger partial charge in [-0.1, -0.05) is 11.2 Å². The van der Waals surface area contributed by atoms with Gasteiger partial charge in [0.2, 0.25) is 5.91 Å². The van der Waals surface area contributed by atoms with E-state index in [4.69, 9.17) is 15.4 Å². The highest BCUT2D eigenvalue weighted by Gasteiger charge is 2.17. The van der Waals surface area contributed by atoms with Gasteiger partial charge in [0.05, 0.1) is 24.5 Å². The van der Waals surface area contributed by atoms with Crippen LogP contribution in [0, 0.1) is 0 Å². The van der Waals surface area contributed by atoms with Gasteiger partial charge >= 0.3 is 5.97 Å². The fraction of sp³-hybridized carbons (Fsp3) is 0.273. The summed E-state index contributed by atoms with van der Waals surface area (Å²) >= 11 is 1.45. The lowest BCUT2D eigenvalue weighted by atomic mass is 10.4. The summed E-state index contributed by atoms with van der Waals surface area (Å²) in [4.78, 5) is 27.9. The van der Waals surface area contributed by atoms with Crippen LogP contribution in [0.3, 0.4) is 0 Å². The van der Waals surface area contributed by atoms with Gasteiger partial charge < -0.3 is 15.4 Å². The van der Waals surface area contributed by atoms with E-state index in [1.165, 1.54) is 16.2 Å². The van der Waals surface area contributed by atoms with Gasteiger partial charge in [-0.15, -0.1) is 11.3 Å². The predicted molar refractivity (Wildman–Crippen MR) is 69.7 cm³/mol. The van der Waals surface area contributed by atoms with Crippen LogP contribution < -0.4 is 5.73 Å². The van der Waals surface area contributed by atoms with E-state index in [-0.39, 0.29) is 19.6 Å². The Kier molecular flexibility index (Phi) is 4.43. The first-order valence-corrected chi connectivity index (χ1v) is 6.51. The Morgan fingerprint density at radius 3 is 2.85 bits per heavy atom. The van der Waals surface area contributed by atoms with Crippen LogP contribution in [0.15, 0.2) is 22.0 Å². The summed E-state index contributed by atoms with van der Waals surface area (Å²) in [5.41, 5.74) is 5.07. The molecule has 2 heterocycles. The third-order valence-corrected chi connectivity index (χ3v) is 3.16. The third kappa shape index (κ3) is 3.87. The van der Waals surface area contributed by atoms with E-state index in [1.807, 2.05) is 17.5 Å². The number of thiophene rings is 1. The molecule has 0 saturated carbocycles. The highest BCUT2D eigenvalue weighted by atomic mass is 32.1. The second-order valence-electron chi connectivity index (χ2n) is 4.00. The highest BCUT2D eigenvalue weighted by Crippen LogP contribution is 2.22. The molecule has 0 bridgehead atoms. The van der Waals surface area contributed by atoms with Gasteiger partial charge in [0.1, 0.15) is 0 Å². The van der Waals surface area contributed by atoms with Gasteiger partial charge in [0.15, 0.2) is 5.82 Å². The van der Waals surface area contributed by atoms with Crippen LogP contribution in [0.5, 0.6) is 0 Å². The number of carboxylic acids is 1. The quantitative estimate of drug-likeness (QED) is 0.746. The fourth-order valence-electron chi connectivity index (χ4n) is 1.60.